The first-order valence-electron chi connectivity index (χ1n) is 5.74. The molecule has 5 heteroatoms. The standard InChI is InChI=1S/C15H12O4S/c1-2-3-11-10-14(8-9-15(11)17)20(18,19)13-6-4-12(16)5-7-13/h1,4-10,16-17H,3H2. The van der Waals surface area contributed by atoms with E-state index < -0.39 is 9.84 Å². The summed E-state index contributed by atoms with van der Waals surface area (Å²) in [6.45, 7) is 0. The topological polar surface area (TPSA) is 74.6 Å². The number of aromatic hydroxyl groups is 2. The molecule has 0 radical (unpaired) electrons. The molecule has 0 aliphatic carbocycles. The van der Waals surface area contributed by atoms with Crippen molar-refractivity contribution in [3.63, 3.8) is 0 Å². The number of phenolic OH excluding ortho intramolecular Hbond substituents is 2. The van der Waals surface area contributed by atoms with Gasteiger partial charge in [0, 0.05) is 12.0 Å². The van der Waals surface area contributed by atoms with Crippen LogP contribution in [0.5, 0.6) is 11.5 Å². The van der Waals surface area contributed by atoms with Crippen LogP contribution in [0.15, 0.2) is 52.3 Å². The lowest BCUT2D eigenvalue weighted by Gasteiger charge is -2.07. The van der Waals surface area contributed by atoms with Gasteiger partial charge in [-0.15, -0.1) is 12.3 Å². The monoisotopic (exact) mass is 288 g/mol. The Morgan fingerprint density at radius 3 is 2.20 bits per heavy atom. The maximum Gasteiger partial charge on any atom is 0.206 e. The molecule has 0 aliphatic heterocycles. The second kappa shape index (κ2) is 5.27. The third kappa shape index (κ3) is 2.60. The van der Waals surface area contributed by atoms with Crippen LogP contribution in [0, 0.1) is 12.3 Å². The van der Waals surface area contributed by atoms with Gasteiger partial charge in [0.25, 0.3) is 0 Å². The van der Waals surface area contributed by atoms with Gasteiger partial charge in [-0.2, -0.15) is 0 Å². The van der Waals surface area contributed by atoms with Gasteiger partial charge >= 0.3 is 0 Å². The summed E-state index contributed by atoms with van der Waals surface area (Å²) < 4.78 is 24.8. The summed E-state index contributed by atoms with van der Waals surface area (Å²) in [6, 6.07) is 9.22. The summed E-state index contributed by atoms with van der Waals surface area (Å²) in [5.41, 5.74) is 0.382. The minimum absolute atomic E-state index is 0.0114. The van der Waals surface area contributed by atoms with E-state index in [4.69, 9.17) is 6.42 Å². The first-order valence-corrected chi connectivity index (χ1v) is 7.23. The van der Waals surface area contributed by atoms with Crippen LogP contribution in [-0.2, 0) is 16.3 Å². The maximum atomic E-state index is 12.4. The lowest BCUT2D eigenvalue weighted by atomic mass is 10.1. The van der Waals surface area contributed by atoms with Crippen molar-refractivity contribution in [1.82, 2.24) is 0 Å². The number of hydrogen-bond donors (Lipinski definition) is 2. The molecule has 0 fully saturated rings. The maximum absolute atomic E-state index is 12.4. The van der Waals surface area contributed by atoms with Gasteiger partial charge in [-0.1, -0.05) is 0 Å². The highest BCUT2D eigenvalue weighted by Crippen LogP contribution is 2.27. The number of benzene rings is 2. The molecule has 20 heavy (non-hydrogen) atoms. The van der Waals surface area contributed by atoms with Crippen molar-refractivity contribution in [2.24, 2.45) is 0 Å². The van der Waals surface area contributed by atoms with Crippen LogP contribution in [0.3, 0.4) is 0 Å². The second-order valence-electron chi connectivity index (χ2n) is 4.17. The molecule has 2 aromatic rings. The summed E-state index contributed by atoms with van der Waals surface area (Å²) in [6.07, 6.45) is 5.32. The van der Waals surface area contributed by atoms with Gasteiger partial charge in [0.05, 0.1) is 9.79 Å². The normalized spacial score (nSPS) is 10.9. The molecule has 102 valence electrons. The summed E-state index contributed by atoms with van der Waals surface area (Å²) in [4.78, 5) is 0.110. The SMILES string of the molecule is C#CCc1cc(S(=O)(=O)c2ccc(O)cc2)ccc1O. The molecule has 0 aromatic heterocycles. The Morgan fingerprint density at radius 2 is 1.60 bits per heavy atom. The van der Waals surface area contributed by atoms with Crippen molar-refractivity contribution in [3.8, 4) is 23.8 Å². The van der Waals surface area contributed by atoms with Crippen LogP contribution in [0.2, 0.25) is 0 Å². The molecule has 0 amide bonds. The van der Waals surface area contributed by atoms with Crippen LogP contribution in [-0.4, -0.2) is 18.6 Å². The highest BCUT2D eigenvalue weighted by atomic mass is 32.2. The first kappa shape index (κ1) is 14.0. The number of hydrogen-bond acceptors (Lipinski definition) is 4. The van der Waals surface area contributed by atoms with Gasteiger partial charge in [0.2, 0.25) is 9.84 Å². The van der Waals surface area contributed by atoms with Crippen LogP contribution >= 0.6 is 0 Å². The average Bonchev–Trinajstić information content (AvgIpc) is 2.42. The molecule has 0 unspecified atom stereocenters. The molecule has 0 aliphatic rings. The fourth-order valence-electron chi connectivity index (χ4n) is 1.74. The Bertz CT molecular complexity index is 769. The van der Waals surface area contributed by atoms with E-state index in [-0.39, 0.29) is 27.7 Å². The van der Waals surface area contributed by atoms with Gasteiger partial charge in [0.15, 0.2) is 0 Å². The summed E-state index contributed by atoms with van der Waals surface area (Å²) >= 11 is 0. The quantitative estimate of drug-likeness (QED) is 0.848. The van der Waals surface area contributed by atoms with E-state index in [1.54, 1.807) is 0 Å². The molecule has 2 rings (SSSR count). The fraction of sp³-hybridized carbons (Fsp3) is 0.0667. The fourth-order valence-corrected chi connectivity index (χ4v) is 3.05. The van der Waals surface area contributed by atoms with Crippen molar-refractivity contribution >= 4 is 9.84 Å². The third-order valence-electron chi connectivity index (χ3n) is 2.80. The Morgan fingerprint density at radius 1 is 1.00 bits per heavy atom. The molecule has 0 heterocycles. The molecule has 2 aromatic carbocycles. The predicted octanol–water partition coefficient (Wildman–Crippen LogP) is 2.11. The van der Waals surface area contributed by atoms with Crippen molar-refractivity contribution in [2.75, 3.05) is 0 Å². The van der Waals surface area contributed by atoms with E-state index >= 15 is 0 Å². The van der Waals surface area contributed by atoms with Gasteiger partial charge in [0.1, 0.15) is 11.5 Å². The Kier molecular flexibility index (Phi) is 3.68. The summed E-state index contributed by atoms with van der Waals surface area (Å²) in [5.74, 6) is 2.32. The van der Waals surface area contributed by atoms with E-state index in [1.165, 1.54) is 42.5 Å². The minimum Gasteiger partial charge on any atom is -0.508 e. The second-order valence-corrected chi connectivity index (χ2v) is 6.12. The molecule has 2 N–H and O–H groups in total. The predicted molar refractivity (Wildman–Crippen MR) is 74.2 cm³/mol. The van der Waals surface area contributed by atoms with E-state index in [9.17, 15) is 18.6 Å². The lowest BCUT2D eigenvalue weighted by Crippen LogP contribution is -2.02. The van der Waals surface area contributed by atoms with Crippen LogP contribution in [0.4, 0.5) is 0 Å². The molecule has 0 saturated heterocycles. The summed E-state index contributed by atoms with van der Waals surface area (Å²) in [7, 11) is -3.70. The molecular weight excluding hydrogens is 276 g/mol. The third-order valence-corrected chi connectivity index (χ3v) is 4.57. The minimum atomic E-state index is -3.70. The zero-order valence-electron chi connectivity index (χ0n) is 10.4. The zero-order chi connectivity index (χ0) is 14.8. The molecule has 0 bridgehead atoms. The van der Waals surface area contributed by atoms with Gasteiger partial charge < -0.3 is 10.2 Å². The largest absolute Gasteiger partial charge is 0.508 e. The Labute approximate surface area is 117 Å². The molecular formula is C15H12O4S. The first-order chi connectivity index (χ1) is 9.45. The molecule has 0 saturated carbocycles. The van der Waals surface area contributed by atoms with E-state index in [0.717, 1.165) is 0 Å². The van der Waals surface area contributed by atoms with Gasteiger partial charge in [-0.3, -0.25) is 0 Å². The van der Waals surface area contributed by atoms with Crippen molar-refractivity contribution in [1.29, 1.82) is 0 Å². The smallest absolute Gasteiger partial charge is 0.206 e. The summed E-state index contributed by atoms with van der Waals surface area (Å²) in [5, 5.41) is 18.8. The number of terminal acetylenes is 1. The molecule has 0 spiro atoms. The van der Waals surface area contributed by atoms with E-state index in [2.05, 4.69) is 5.92 Å². The number of sulfone groups is 1. The van der Waals surface area contributed by atoms with Crippen LogP contribution < -0.4 is 0 Å². The lowest BCUT2D eigenvalue weighted by molar-refractivity contribution is 0.469. The van der Waals surface area contributed by atoms with Crippen molar-refractivity contribution < 1.29 is 18.6 Å². The highest BCUT2D eigenvalue weighted by molar-refractivity contribution is 7.91. The Balaban J connectivity index is 2.52. The van der Waals surface area contributed by atoms with Crippen molar-refractivity contribution in [2.45, 2.75) is 16.2 Å². The van der Waals surface area contributed by atoms with Crippen molar-refractivity contribution in [3.05, 3.63) is 48.0 Å². The van der Waals surface area contributed by atoms with Gasteiger partial charge in [-0.05, 0) is 42.5 Å². The van der Waals surface area contributed by atoms with Crippen LogP contribution in [0.1, 0.15) is 5.56 Å². The number of phenols is 2. The zero-order valence-corrected chi connectivity index (χ0v) is 11.3. The van der Waals surface area contributed by atoms with Gasteiger partial charge in [-0.25, -0.2) is 8.42 Å². The Hall–Kier alpha value is -2.45. The van der Waals surface area contributed by atoms with E-state index in [1.807, 2.05) is 0 Å². The molecule has 4 nitrogen and oxygen atoms in total. The van der Waals surface area contributed by atoms with E-state index in [0.29, 0.717) is 5.56 Å². The highest BCUT2D eigenvalue weighted by Gasteiger charge is 2.18. The average molecular weight is 288 g/mol. The van der Waals surface area contributed by atoms with Crippen LogP contribution in [0.25, 0.3) is 0 Å². The molecule has 0 atom stereocenters. The number of rotatable bonds is 3.